The summed E-state index contributed by atoms with van der Waals surface area (Å²) >= 11 is 0. The summed E-state index contributed by atoms with van der Waals surface area (Å²) in [6.07, 6.45) is 57.1. The van der Waals surface area contributed by atoms with Crippen molar-refractivity contribution in [2.75, 3.05) is 39.6 Å². The van der Waals surface area contributed by atoms with E-state index in [0.29, 0.717) is 25.7 Å². The zero-order valence-corrected chi connectivity index (χ0v) is 58.2. The van der Waals surface area contributed by atoms with Crippen molar-refractivity contribution in [3.63, 3.8) is 0 Å². The third kappa shape index (κ3) is 63.6. The number of carbonyl (C=O) groups is 4. The van der Waals surface area contributed by atoms with Gasteiger partial charge in [0.05, 0.1) is 26.4 Å². The molecule has 0 aliphatic rings. The van der Waals surface area contributed by atoms with Crippen molar-refractivity contribution < 1.29 is 80.2 Å². The smallest absolute Gasteiger partial charge is 0.462 e. The molecule has 0 aliphatic carbocycles. The van der Waals surface area contributed by atoms with Gasteiger partial charge in [-0.1, -0.05) is 263 Å². The van der Waals surface area contributed by atoms with Crippen molar-refractivity contribution in [3.05, 3.63) is 48.6 Å². The first-order valence-electron chi connectivity index (χ1n) is 35.4. The second-order valence-electron chi connectivity index (χ2n) is 23.9. The summed E-state index contributed by atoms with van der Waals surface area (Å²) in [6.45, 7) is 4.77. The molecule has 5 atom stereocenters. The van der Waals surface area contributed by atoms with E-state index in [1.165, 1.54) is 103 Å². The van der Waals surface area contributed by atoms with Crippen molar-refractivity contribution >= 4 is 39.5 Å². The Morgan fingerprint density at radius 1 is 0.315 bits per heavy atom. The van der Waals surface area contributed by atoms with Gasteiger partial charge in [0.2, 0.25) is 0 Å². The number of carbonyl (C=O) groups excluding carboxylic acids is 4. The number of phosphoric ester groups is 2. The first-order valence-corrected chi connectivity index (χ1v) is 38.4. The SMILES string of the molecule is CCCCCC/C=C\C=C/CCCCCCCC(=O)OC[C@H](COP(=O)(O)OC[C@@H](O)COP(=O)(O)OC[C@@H](COC(=O)CCCCCCCCC)OC(=O)CCCCCCCCCCCCCC)OC(=O)CCCCCCC/C=C\C=C/CCCCCC. The molecule has 0 saturated heterocycles. The molecule has 0 aromatic carbocycles. The molecule has 3 N–H and O–H groups in total. The highest BCUT2D eigenvalue weighted by Gasteiger charge is 2.30. The van der Waals surface area contributed by atoms with Gasteiger partial charge in [-0.3, -0.25) is 37.3 Å². The zero-order chi connectivity index (χ0) is 65.4. The molecule has 0 saturated carbocycles. The van der Waals surface area contributed by atoms with Gasteiger partial charge in [-0.2, -0.15) is 0 Å². The van der Waals surface area contributed by atoms with Crippen LogP contribution in [0.25, 0.3) is 0 Å². The Morgan fingerprint density at radius 3 is 0.820 bits per heavy atom. The molecule has 520 valence electrons. The van der Waals surface area contributed by atoms with Gasteiger partial charge in [-0.15, -0.1) is 0 Å². The van der Waals surface area contributed by atoms with Crippen LogP contribution in [0.4, 0.5) is 0 Å². The maximum Gasteiger partial charge on any atom is 0.472 e. The number of rotatable bonds is 67. The molecule has 0 rings (SSSR count). The lowest BCUT2D eigenvalue weighted by Crippen LogP contribution is -2.30. The minimum absolute atomic E-state index is 0.0784. The second kappa shape index (κ2) is 63.8. The normalized spacial score (nSPS) is 14.4. The van der Waals surface area contributed by atoms with Crippen LogP contribution in [0, 0.1) is 0 Å². The van der Waals surface area contributed by atoms with Crippen LogP contribution in [-0.2, 0) is 65.4 Å². The van der Waals surface area contributed by atoms with Crippen molar-refractivity contribution in [2.24, 2.45) is 0 Å². The largest absolute Gasteiger partial charge is 0.472 e. The van der Waals surface area contributed by atoms with Gasteiger partial charge in [0.1, 0.15) is 19.3 Å². The van der Waals surface area contributed by atoms with E-state index in [9.17, 15) is 43.2 Å². The highest BCUT2D eigenvalue weighted by molar-refractivity contribution is 7.47. The molecule has 19 heteroatoms. The number of unbranched alkanes of at least 4 members (excludes halogenated alkanes) is 35. The number of hydrogen-bond donors (Lipinski definition) is 3. The van der Waals surface area contributed by atoms with Crippen molar-refractivity contribution in [2.45, 2.75) is 335 Å². The van der Waals surface area contributed by atoms with Crippen molar-refractivity contribution in [1.82, 2.24) is 0 Å². The van der Waals surface area contributed by atoms with E-state index in [2.05, 4.69) is 76.3 Å². The summed E-state index contributed by atoms with van der Waals surface area (Å²) in [6, 6.07) is 0. The van der Waals surface area contributed by atoms with Crippen molar-refractivity contribution in [1.29, 1.82) is 0 Å². The van der Waals surface area contributed by atoms with E-state index < -0.39 is 97.5 Å². The Kier molecular flexibility index (Phi) is 61.6. The number of phosphoric acid groups is 2. The first-order chi connectivity index (χ1) is 43.2. The average molecular weight is 1300 g/mol. The third-order valence-electron chi connectivity index (χ3n) is 15.1. The number of esters is 4. The predicted octanol–water partition coefficient (Wildman–Crippen LogP) is 19.4. The summed E-state index contributed by atoms with van der Waals surface area (Å²) in [7, 11) is -9.92. The summed E-state index contributed by atoms with van der Waals surface area (Å²) in [4.78, 5) is 72.3. The number of ether oxygens (including phenoxy) is 4. The lowest BCUT2D eigenvalue weighted by atomic mass is 10.0. The van der Waals surface area contributed by atoms with Crippen LogP contribution in [0.5, 0.6) is 0 Å². The fourth-order valence-corrected chi connectivity index (χ4v) is 11.2. The van der Waals surface area contributed by atoms with Crippen LogP contribution >= 0.6 is 15.6 Å². The predicted molar refractivity (Wildman–Crippen MR) is 358 cm³/mol. The van der Waals surface area contributed by atoms with Gasteiger partial charge in [0.15, 0.2) is 12.2 Å². The quantitative estimate of drug-likeness (QED) is 0.0169. The Morgan fingerprint density at radius 2 is 0.539 bits per heavy atom. The van der Waals surface area contributed by atoms with Crippen LogP contribution in [0.3, 0.4) is 0 Å². The van der Waals surface area contributed by atoms with Crippen LogP contribution in [-0.4, -0.2) is 96.7 Å². The molecule has 89 heavy (non-hydrogen) atoms. The topological polar surface area (TPSA) is 237 Å². The molecule has 17 nitrogen and oxygen atoms in total. The standard InChI is InChI=1S/C70H128O17P2/c1-5-9-13-17-21-24-27-30-32-34-37-39-43-47-51-55-68(73)81-61-66(87-70(75)57-53-49-45-41-38-35-33-31-28-25-22-18-14-10-6-2)63-85-89(78,79)83-59-64(71)58-82-88(76,77)84-62-65(60-80-67(72)54-50-46-42-20-16-12-8-4)86-69(74)56-52-48-44-40-36-29-26-23-19-15-11-7-3/h24-25,27-28,30-33,64-66,71H,5-23,26,29,34-63H2,1-4H3,(H,76,77)(H,78,79)/b27-24-,28-25-,32-30-,33-31-/t64-,65+,66+/m0/s1. The summed E-state index contributed by atoms with van der Waals surface area (Å²) in [5.41, 5.74) is 0. The van der Waals surface area contributed by atoms with Crippen LogP contribution in [0.1, 0.15) is 317 Å². The van der Waals surface area contributed by atoms with E-state index in [0.717, 1.165) is 135 Å². The number of aliphatic hydroxyl groups is 1. The summed E-state index contributed by atoms with van der Waals surface area (Å²) in [5, 5.41) is 10.6. The molecule has 0 aliphatic heterocycles. The van der Waals surface area contributed by atoms with Gasteiger partial charge in [-0.25, -0.2) is 9.13 Å². The van der Waals surface area contributed by atoms with E-state index in [1.54, 1.807) is 0 Å². The Bertz CT molecular complexity index is 1890. The maximum absolute atomic E-state index is 13.0. The zero-order valence-electron chi connectivity index (χ0n) is 56.4. The lowest BCUT2D eigenvalue weighted by Gasteiger charge is -2.21. The highest BCUT2D eigenvalue weighted by Crippen LogP contribution is 2.45. The van der Waals surface area contributed by atoms with Gasteiger partial charge >= 0.3 is 39.5 Å². The van der Waals surface area contributed by atoms with Gasteiger partial charge in [0.25, 0.3) is 0 Å². The van der Waals surface area contributed by atoms with Gasteiger partial charge < -0.3 is 33.8 Å². The lowest BCUT2D eigenvalue weighted by molar-refractivity contribution is -0.161. The van der Waals surface area contributed by atoms with Crippen molar-refractivity contribution in [3.8, 4) is 0 Å². The molecule has 0 fully saturated rings. The van der Waals surface area contributed by atoms with E-state index in [1.807, 2.05) is 0 Å². The van der Waals surface area contributed by atoms with Gasteiger partial charge in [0, 0.05) is 25.7 Å². The van der Waals surface area contributed by atoms with Crippen LogP contribution in [0.15, 0.2) is 48.6 Å². The molecule has 0 aromatic rings. The third-order valence-corrected chi connectivity index (χ3v) is 17.0. The maximum atomic E-state index is 13.0. The van der Waals surface area contributed by atoms with Crippen LogP contribution < -0.4 is 0 Å². The molecule has 0 heterocycles. The highest BCUT2D eigenvalue weighted by atomic mass is 31.2. The monoisotopic (exact) mass is 1300 g/mol. The molecule has 0 spiro atoms. The molecule has 0 aromatic heterocycles. The Hall–Kier alpha value is -2.98. The number of hydrogen-bond acceptors (Lipinski definition) is 15. The Balaban J connectivity index is 5.28. The average Bonchev–Trinajstić information content (AvgIpc) is 3.56. The van der Waals surface area contributed by atoms with E-state index in [4.69, 9.17) is 37.0 Å². The van der Waals surface area contributed by atoms with Gasteiger partial charge in [-0.05, 0) is 77.0 Å². The molecule has 0 radical (unpaired) electrons. The molecular weight excluding hydrogens is 1170 g/mol. The minimum Gasteiger partial charge on any atom is -0.462 e. The molecular formula is C70H128O17P2. The van der Waals surface area contributed by atoms with Crippen LogP contribution in [0.2, 0.25) is 0 Å². The fraction of sp³-hybridized carbons (Fsp3) is 0.829. The van der Waals surface area contributed by atoms with E-state index in [-0.39, 0.29) is 25.7 Å². The van der Waals surface area contributed by atoms with E-state index >= 15 is 0 Å². The molecule has 2 unspecified atom stereocenters. The summed E-state index contributed by atoms with van der Waals surface area (Å²) in [5.74, 6) is -2.19. The number of aliphatic hydroxyl groups excluding tert-OH is 1. The first kappa shape index (κ1) is 86.0. The number of allylic oxidation sites excluding steroid dienone is 8. The second-order valence-corrected chi connectivity index (χ2v) is 26.8. The Labute approximate surface area is 540 Å². The fourth-order valence-electron chi connectivity index (χ4n) is 9.61. The minimum atomic E-state index is -4.97. The molecule has 0 bridgehead atoms. The summed E-state index contributed by atoms with van der Waals surface area (Å²) < 4.78 is 68.1. The molecule has 0 amide bonds.